The van der Waals surface area contributed by atoms with Gasteiger partial charge in [-0.25, -0.2) is 0 Å². The number of hydrogen-bond donors (Lipinski definition) is 2. The highest BCUT2D eigenvalue weighted by Crippen LogP contribution is 2.01. The van der Waals surface area contributed by atoms with E-state index in [1.165, 1.54) is 0 Å². The van der Waals surface area contributed by atoms with E-state index in [1.54, 1.807) is 13.3 Å². The zero-order valence-corrected chi connectivity index (χ0v) is 13.4. The van der Waals surface area contributed by atoms with Gasteiger partial charge in [0.2, 0.25) is 0 Å². The number of rotatable bonds is 10. The van der Waals surface area contributed by atoms with Gasteiger partial charge in [-0.3, -0.25) is 4.99 Å². The molecule has 0 spiro atoms. The zero-order valence-electron chi connectivity index (χ0n) is 13.4. The largest absolute Gasteiger partial charge is 0.467 e. The Morgan fingerprint density at radius 1 is 1.29 bits per heavy atom. The van der Waals surface area contributed by atoms with Crippen LogP contribution in [0, 0.1) is 0 Å². The Labute approximate surface area is 127 Å². The van der Waals surface area contributed by atoms with Crippen LogP contribution in [-0.4, -0.2) is 58.2 Å². The zero-order chi connectivity index (χ0) is 15.3. The van der Waals surface area contributed by atoms with Crippen molar-refractivity contribution in [3.05, 3.63) is 24.2 Å². The monoisotopic (exact) mass is 296 g/mol. The van der Waals surface area contributed by atoms with Crippen molar-refractivity contribution in [1.29, 1.82) is 0 Å². The summed E-state index contributed by atoms with van der Waals surface area (Å²) in [7, 11) is 5.94. The number of nitrogens with zero attached hydrogens (tertiary/aromatic N) is 2. The molecule has 0 amide bonds. The third-order valence-electron chi connectivity index (χ3n) is 2.88. The highest BCUT2D eigenvalue weighted by atomic mass is 16.5. The first-order chi connectivity index (χ1) is 10.2. The van der Waals surface area contributed by atoms with E-state index in [0.717, 1.165) is 44.2 Å². The number of nitrogens with one attached hydrogen (secondary N) is 2. The van der Waals surface area contributed by atoms with E-state index in [1.807, 2.05) is 12.1 Å². The minimum atomic E-state index is 0.532. The van der Waals surface area contributed by atoms with Crippen LogP contribution >= 0.6 is 0 Å². The van der Waals surface area contributed by atoms with Gasteiger partial charge in [-0.15, -0.1) is 0 Å². The van der Waals surface area contributed by atoms with Gasteiger partial charge in [0.15, 0.2) is 5.96 Å². The summed E-state index contributed by atoms with van der Waals surface area (Å²) < 4.78 is 10.7. The summed E-state index contributed by atoms with van der Waals surface area (Å²) in [5.41, 5.74) is 0. The SMILES string of the molecule is CN=C(NCCCOCc1ccco1)NCCCN(C)C. The second-order valence-corrected chi connectivity index (χ2v) is 5.07. The minimum absolute atomic E-state index is 0.532. The summed E-state index contributed by atoms with van der Waals surface area (Å²) in [6.07, 6.45) is 3.69. The standard InChI is InChI=1S/C15H28N4O2/c1-16-15(17-8-5-10-19(2)3)18-9-6-11-20-13-14-7-4-12-21-14/h4,7,12H,5-6,8-11,13H2,1-3H3,(H2,16,17,18). The average Bonchev–Trinajstić information content (AvgIpc) is 2.97. The fourth-order valence-corrected chi connectivity index (χ4v) is 1.77. The van der Waals surface area contributed by atoms with Crippen LogP contribution < -0.4 is 10.6 Å². The fourth-order valence-electron chi connectivity index (χ4n) is 1.77. The highest BCUT2D eigenvalue weighted by molar-refractivity contribution is 5.79. The van der Waals surface area contributed by atoms with Crippen LogP contribution in [-0.2, 0) is 11.3 Å². The number of hydrogen-bond acceptors (Lipinski definition) is 4. The molecule has 0 saturated heterocycles. The van der Waals surface area contributed by atoms with Crippen molar-refractivity contribution in [2.75, 3.05) is 47.4 Å². The van der Waals surface area contributed by atoms with Crippen molar-refractivity contribution in [3.63, 3.8) is 0 Å². The molecule has 0 atom stereocenters. The smallest absolute Gasteiger partial charge is 0.190 e. The third kappa shape index (κ3) is 9.10. The second-order valence-electron chi connectivity index (χ2n) is 5.07. The molecular formula is C15H28N4O2. The molecule has 6 heteroatoms. The van der Waals surface area contributed by atoms with Gasteiger partial charge in [0.1, 0.15) is 12.4 Å². The van der Waals surface area contributed by atoms with E-state index < -0.39 is 0 Å². The van der Waals surface area contributed by atoms with E-state index in [2.05, 4.69) is 34.6 Å². The maximum absolute atomic E-state index is 5.52. The normalized spacial score (nSPS) is 11.9. The number of aliphatic imine (C=N–C) groups is 1. The van der Waals surface area contributed by atoms with Crippen molar-refractivity contribution in [1.82, 2.24) is 15.5 Å². The second kappa shape index (κ2) is 11.2. The van der Waals surface area contributed by atoms with Gasteiger partial charge in [-0.05, 0) is 45.6 Å². The van der Waals surface area contributed by atoms with Crippen LogP contribution in [0.15, 0.2) is 27.8 Å². The lowest BCUT2D eigenvalue weighted by molar-refractivity contribution is 0.105. The Hall–Kier alpha value is -1.53. The van der Waals surface area contributed by atoms with Crippen molar-refractivity contribution in [2.45, 2.75) is 19.4 Å². The van der Waals surface area contributed by atoms with Gasteiger partial charge in [-0.2, -0.15) is 0 Å². The van der Waals surface area contributed by atoms with Gasteiger partial charge in [0, 0.05) is 26.7 Å². The Kier molecular flexibility index (Phi) is 9.32. The van der Waals surface area contributed by atoms with Crippen LogP contribution in [0.4, 0.5) is 0 Å². The van der Waals surface area contributed by atoms with Crippen LogP contribution in [0.2, 0.25) is 0 Å². The molecule has 6 nitrogen and oxygen atoms in total. The molecule has 1 aromatic rings. The molecule has 0 aliphatic heterocycles. The molecule has 0 aliphatic carbocycles. The lowest BCUT2D eigenvalue weighted by Gasteiger charge is -2.13. The number of ether oxygens (including phenoxy) is 1. The van der Waals surface area contributed by atoms with Crippen LogP contribution in [0.3, 0.4) is 0 Å². The molecule has 21 heavy (non-hydrogen) atoms. The van der Waals surface area contributed by atoms with Crippen molar-refractivity contribution in [3.8, 4) is 0 Å². The molecule has 0 saturated carbocycles. The summed E-state index contributed by atoms with van der Waals surface area (Å²) in [6, 6.07) is 3.78. The Morgan fingerprint density at radius 3 is 2.67 bits per heavy atom. The third-order valence-corrected chi connectivity index (χ3v) is 2.88. The van der Waals surface area contributed by atoms with E-state index >= 15 is 0 Å². The van der Waals surface area contributed by atoms with Gasteiger partial charge in [0.05, 0.1) is 6.26 Å². The van der Waals surface area contributed by atoms with Crippen LogP contribution in [0.5, 0.6) is 0 Å². The quantitative estimate of drug-likeness (QED) is 0.387. The Bertz CT molecular complexity index is 377. The molecular weight excluding hydrogens is 268 g/mol. The molecule has 2 N–H and O–H groups in total. The first-order valence-corrected chi connectivity index (χ1v) is 7.41. The first kappa shape index (κ1) is 17.5. The topological polar surface area (TPSA) is 62.0 Å². The first-order valence-electron chi connectivity index (χ1n) is 7.41. The van der Waals surface area contributed by atoms with Crippen molar-refractivity contribution in [2.24, 2.45) is 4.99 Å². The summed E-state index contributed by atoms with van der Waals surface area (Å²) in [5, 5.41) is 6.57. The summed E-state index contributed by atoms with van der Waals surface area (Å²) in [6.45, 7) is 4.07. The predicted octanol–water partition coefficient (Wildman–Crippen LogP) is 1.30. The van der Waals surface area contributed by atoms with Crippen LogP contribution in [0.25, 0.3) is 0 Å². The van der Waals surface area contributed by atoms with E-state index in [4.69, 9.17) is 9.15 Å². The maximum Gasteiger partial charge on any atom is 0.190 e. The molecule has 1 rings (SSSR count). The average molecular weight is 296 g/mol. The molecule has 0 aliphatic rings. The van der Waals surface area contributed by atoms with Gasteiger partial charge in [0.25, 0.3) is 0 Å². The van der Waals surface area contributed by atoms with E-state index in [-0.39, 0.29) is 0 Å². The van der Waals surface area contributed by atoms with E-state index in [0.29, 0.717) is 13.2 Å². The Morgan fingerprint density at radius 2 is 2.05 bits per heavy atom. The predicted molar refractivity (Wildman–Crippen MR) is 85.5 cm³/mol. The molecule has 120 valence electrons. The summed E-state index contributed by atoms with van der Waals surface area (Å²) >= 11 is 0. The highest BCUT2D eigenvalue weighted by Gasteiger charge is 1.98. The molecule has 0 aromatic carbocycles. The molecule has 0 radical (unpaired) electrons. The summed E-state index contributed by atoms with van der Waals surface area (Å²) in [5.74, 6) is 1.71. The number of guanidine groups is 1. The van der Waals surface area contributed by atoms with Crippen molar-refractivity contribution >= 4 is 5.96 Å². The van der Waals surface area contributed by atoms with Gasteiger partial charge < -0.3 is 24.7 Å². The molecule has 1 aromatic heterocycles. The lowest BCUT2D eigenvalue weighted by Crippen LogP contribution is -2.39. The molecule has 0 bridgehead atoms. The Balaban J connectivity index is 1.96. The molecule has 0 fully saturated rings. The molecule has 1 heterocycles. The van der Waals surface area contributed by atoms with E-state index in [9.17, 15) is 0 Å². The fraction of sp³-hybridized carbons (Fsp3) is 0.667. The van der Waals surface area contributed by atoms with Gasteiger partial charge >= 0.3 is 0 Å². The lowest BCUT2D eigenvalue weighted by atomic mass is 10.4. The maximum atomic E-state index is 5.52. The minimum Gasteiger partial charge on any atom is -0.467 e. The summed E-state index contributed by atoms with van der Waals surface area (Å²) in [4.78, 5) is 6.36. The van der Waals surface area contributed by atoms with Gasteiger partial charge in [-0.1, -0.05) is 0 Å². The van der Waals surface area contributed by atoms with Crippen molar-refractivity contribution < 1.29 is 9.15 Å². The number of furan rings is 1. The van der Waals surface area contributed by atoms with Crippen LogP contribution in [0.1, 0.15) is 18.6 Å². The molecule has 0 unspecified atom stereocenters.